The number of alkyl halides is 1. The van der Waals surface area contributed by atoms with Gasteiger partial charge in [-0.25, -0.2) is 0 Å². The number of allylic oxidation sites excluding steroid dienone is 1. The number of rotatable bonds is 9. The zero-order chi connectivity index (χ0) is 9.78. The molecule has 0 atom stereocenters. The summed E-state index contributed by atoms with van der Waals surface area (Å²) in [5, 5.41) is 0. The highest BCUT2D eigenvalue weighted by atomic mass is 35.5. The summed E-state index contributed by atoms with van der Waals surface area (Å²) >= 11 is 5.50. The molecule has 0 radical (unpaired) electrons. The van der Waals surface area contributed by atoms with E-state index in [-0.39, 0.29) is 0 Å². The van der Waals surface area contributed by atoms with E-state index in [0.29, 0.717) is 12.7 Å². The van der Waals surface area contributed by atoms with Gasteiger partial charge in [-0.05, 0) is 19.3 Å². The summed E-state index contributed by atoms with van der Waals surface area (Å²) < 4.78 is 10.4. The van der Waals surface area contributed by atoms with Crippen molar-refractivity contribution < 1.29 is 9.47 Å². The van der Waals surface area contributed by atoms with Crippen molar-refractivity contribution in [3.63, 3.8) is 0 Å². The fraction of sp³-hybridized carbons (Fsp3) is 0.800. The lowest BCUT2D eigenvalue weighted by molar-refractivity contribution is -0.0519. The van der Waals surface area contributed by atoms with E-state index in [1.807, 2.05) is 0 Å². The number of hydrogen-bond donors (Lipinski definition) is 0. The van der Waals surface area contributed by atoms with Crippen LogP contribution in [-0.4, -0.2) is 25.9 Å². The highest BCUT2D eigenvalue weighted by Gasteiger charge is 1.85. The summed E-state index contributed by atoms with van der Waals surface area (Å²) in [6.07, 6.45) is 7.07. The molecule has 0 rings (SSSR count). The fourth-order valence-electron chi connectivity index (χ4n) is 0.771. The van der Waals surface area contributed by atoms with Crippen molar-refractivity contribution in [2.45, 2.75) is 26.2 Å². The molecule has 0 aliphatic rings. The molecule has 0 N–H and O–H groups in total. The third-order valence-electron chi connectivity index (χ3n) is 1.39. The predicted molar refractivity (Wildman–Crippen MR) is 56.2 cm³/mol. The van der Waals surface area contributed by atoms with Crippen LogP contribution in [0, 0.1) is 0 Å². The highest BCUT2D eigenvalue weighted by molar-refractivity contribution is 6.17. The van der Waals surface area contributed by atoms with E-state index in [9.17, 15) is 0 Å². The zero-order valence-corrected chi connectivity index (χ0v) is 9.05. The third-order valence-corrected chi connectivity index (χ3v) is 1.60. The number of hydrogen-bond acceptors (Lipinski definition) is 2. The first-order valence-corrected chi connectivity index (χ1v) is 5.31. The van der Waals surface area contributed by atoms with Crippen molar-refractivity contribution in [3.05, 3.63) is 12.2 Å². The van der Waals surface area contributed by atoms with Crippen LogP contribution in [0.3, 0.4) is 0 Å². The van der Waals surface area contributed by atoms with Gasteiger partial charge in [0.1, 0.15) is 6.79 Å². The van der Waals surface area contributed by atoms with Gasteiger partial charge in [0.05, 0.1) is 6.61 Å². The third kappa shape index (κ3) is 12.0. The predicted octanol–water partition coefficient (Wildman–Crippen LogP) is 2.96. The van der Waals surface area contributed by atoms with E-state index >= 15 is 0 Å². The standard InChI is InChI=1S/C10H19ClO2/c1-2-8-12-10-13-9-6-4-3-5-7-11/h3-4H,2,5-10H2,1H3/b4-3-. The van der Waals surface area contributed by atoms with Gasteiger partial charge >= 0.3 is 0 Å². The Balaban J connectivity index is 2.91. The lowest BCUT2D eigenvalue weighted by atomic mass is 10.3. The monoisotopic (exact) mass is 206 g/mol. The molecule has 0 aromatic heterocycles. The van der Waals surface area contributed by atoms with Crippen LogP contribution in [0.2, 0.25) is 0 Å². The topological polar surface area (TPSA) is 18.5 Å². The van der Waals surface area contributed by atoms with Crippen molar-refractivity contribution in [2.75, 3.05) is 25.9 Å². The van der Waals surface area contributed by atoms with Crippen LogP contribution in [-0.2, 0) is 9.47 Å². The van der Waals surface area contributed by atoms with E-state index in [2.05, 4.69) is 19.1 Å². The summed E-state index contributed by atoms with van der Waals surface area (Å²) in [5.41, 5.74) is 0. The second-order valence-corrected chi connectivity index (χ2v) is 3.05. The molecule has 0 amide bonds. The van der Waals surface area contributed by atoms with Crippen LogP contribution in [0.5, 0.6) is 0 Å². The van der Waals surface area contributed by atoms with Crippen LogP contribution in [0.4, 0.5) is 0 Å². The summed E-state index contributed by atoms with van der Waals surface area (Å²) in [6.45, 7) is 4.00. The molecule has 0 aliphatic heterocycles. The van der Waals surface area contributed by atoms with Gasteiger partial charge in [-0.1, -0.05) is 19.1 Å². The lowest BCUT2D eigenvalue weighted by Crippen LogP contribution is -2.01. The molecular weight excluding hydrogens is 188 g/mol. The molecule has 3 heteroatoms. The van der Waals surface area contributed by atoms with Gasteiger partial charge in [0.25, 0.3) is 0 Å². The maximum atomic E-state index is 5.50. The Morgan fingerprint density at radius 1 is 1.08 bits per heavy atom. The van der Waals surface area contributed by atoms with E-state index < -0.39 is 0 Å². The minimum absolute atomic E-state index is 0.414. The minimum Gasteiger partial charge on any atom is -0.355 e. The molecule has 0 saturated heterocycles. The molecule has 0 aliphatic carbocycles. The molecule has 0 bridgehead atoms. The largest absolute Gasteiger partial charge is 0.355 e. The Labute approximate surface area is 85.9 Å². The van der Waals surface area contributed by atoms with Crippen LogP contribution in [0.15, 0.2) is 12.2 Å². The van der Waals surface area contributed by atoms with Gasteiger partial charge in [-0.15, -0.1) is 11.6 Å². The van der Waals surface area contributed by atoms with Crippen molar-refractivity contribution in [1.29, 1.82) is 0 Å². The van der Waals surface area contributed by atoms with Gasteiger partial charge in [0.2, 0.25) is 0 Å². The first kappa shape index (κ1) is 12.9. The molecule has 2 nitrogen and oxygen atoms in total. The normalized spacial score (nSPS) is 11.2. The second-order valence-electron chi connectivity index (χ2n) is 2.67. The average Bonchev–Trinajstić information content (AvgIpc) is 2.16. The second kappa shape index (κ2) is 11.9. The van der Waals surface area contributed by atoms with Crippen molar-refractivity contribution in [1.82, 2.24) is 0 Å². The van der Waals surface area contributed by atoms with Crippen LogP contribution < -0.4 is 0 Å². The van der Waals surface area contributed by atoms with E-state index in [1.165, 1.54) is 0 Å². The Hall–Kier alpha value is -0.0500. The molecular formula is C10H19ClO2. The molecule has 78 valence electrons. The summed E-state index contributed by atoms with van der Waals surface area (Å²) in [5.74, 6) is 0.691. The van der Waals surface area contributed by atoms with Crippen molar-refractivity contribution in [2.24, 2.45) is 0 Å². The Bertz CT molecular complexity index is 115. The van der Waals surface area contributed by atoms with Crippen molar-refractivity contribution >= 4 is 11.6 Å². The maximum Gasteiger partial charge on any atom is 0.146 e. The zero-order valence-electron chi connectivity index (χ0n) is 8.30. The maximum absolute atomic E-state index is 5.50. The number of ether oxygens (including phenoxy) is 2. The van der Waals surface area contributed by atoms with Gasteiger partial charge < -0.3 is 9.47 Å². The van der Waals surface area contributed by atoms with Crippen LogP contribution in [0.1, 0.15) is 26.2 Å². The smallest absolute Gasteiger partial charge is 0.146 e. The van der Waals surface area contributed by atoms with Gasteiger partial charge in [0.15, 0.2) is 0 Å². The SMILES string of the molecule is CCCOCOCC/C=C\CCCl. The van der Waals surface area contributed by atoms with E-state index in [0.717, 1.165) is 32.5 Å². The Kier molecular flexibility index (Phi) is 11.9. The highest BCUT2D eigenvalue weighted by Crippen LogP contribution is 1.91. The van der Waals surface area contributed by atoms with E-state index in [4.69, 9.17) is 21.1 Å². The molecule has 0 aromatic rings. The minimum atomic E-state index is 0.414. The molecule has 0 aromatic carbocycles. The summed E-state index contributed by atoms with van der Waals surface area (Å²) in [4.78, 5) is 0. The van der Waals surface area contributed by atoms with Crippen LogP contribution >= 0.6 is 11.6 Å². The van der Waals surface area contributed by atoms with Gasteiger partial charge in [0, 0.05) is 12.5 Å². The first-order valence-electron chi connectivity index (χ1n) is 4.78. The Morgan fingerprint density at radius 2 is 1.77 bits per heavy atom. The van der Waals surface area contributed by atoms with Crippen molar-refractivity contribution in [3.8, 4) is 0 Å². The fourth-order valence-corrected chi connectivity index (χ4v) is 0.897. The summed E-state index contributed by atoms with van der Waals surface area (Å²) in [6, 6.07) is 0. The Morgan fingerprint density at radius 3 is 2.46 bits per heavy atom. The first-order chi connectivity index (χ1) is 6.41. The molecule has 0 unspecified atom stereocenters. The molecule has 13 heavy (non-hydrogen) atoms. The quantitative estimate of drug-likeness (QED) is 0.250. The molecule has 0 fully saturated rings. The molecule has 0 spiro atoms. The van der Waals surface area contributed by atoms with E-state index in [1.54, 1.807) is 0 Å². The molecule has 0 saturated carbocycles. The van der Waals surface area contributed by atoms with Gasteiger partial charge in [-0.2, -0.15) is 0 Å². The summed E-state index contributed by atoms with van der Waals surface area (Å²) in [7, 11) is 0. The average molecular weight is 207 g/mol. The van der Waals surface area contributed by atoms with Gasteiger partial charge in [-0.3, -0.25) is 0 Å². The molecule has 0 heterocycles. The lowest BCUT2D eigenvalue weighted by Gasteiger charge is -2.02. The number of halogens is 1. The van der Waals surface area contributed by atoms with Crippen LogP contribution in [0.25, 0.3) is 0 Å².